The van der Waals surface area contributed by atoms with Gasteiger partial charge in [0.15, 0.2) is 0 Å². The summed E-state index contributed by atoms with van der Waals surface area (Å²) in [7, 11) is 0. The fraction of sp³-hybridized carbons (Fsp3) is 0. The maximum Gasteiger partial charge on any atom is 0.143 e. The summed E-state index contributed by atoms with van der Waals surface area (Å²) in [5.74, 6) is 0. The number of benzene rings is 7. The minimum atomic E-state index is 0.913. The molecule has 0 aliphatic rings. The summed E-state index contributed by atoms with van der Waals surface area (Å²) in [6, 6.07) is 57.8. The predicted molar refractivity (Wildman–Crippen MR) is 177 cm³/mol. The van der Waals surface area contributed by atoms with Crippen LogP contribution in [0.5, 0.6) is 0 Å². The monoisotopic (exact) mass is 537 g/mol. The fourth-order valence-electron chi connectivity index (χ4n) is 6.04. The lowest BCUT2D eigenvalue weighted by molar-refractivity contribution is 0.670. The Morgan fingerprint density at radius 3 is 1.64 bits per heavy atom. The van der Waals surface area contributed by atoms with E-state index in [0.29, 0.717) is 0 Å². The van der Waals surface area contributed by atoms with E-state index in [4.69, 9.17) is 4.42 Å². The number of rotatable bonds is 5. The van der Waals surface area contributed by atoms with E-state index in [1.165, 1.54) is 27.3 Å². The van der Waals surface area contributed by atoms with Crippen LogP contribution in [0.2, 0.25) is 0 Å². The second-order valence-electron chi connectivity index (χ2n) is 10.6. The first-order chi connectivity index (χ1) is 20.8. The number of para-hydroxylation sites is 2. The van der Waals surface area contributed by atoms with Crippen molar-refractivity contribution < 1.29 is 4.42 Å². The zero-order valence-electron chi connectivity index (χ0n) is 22.9. The van der Waals surface area contributed by atoms with Gasteiger partial charge in [-0.1, -0.05) is 115 Å². The second kappa shape index (κ2) is 10.1. The van der Waals surface area contributed by atoms with Gasteiger partial charge in [0.25, 0.3) is 0 Å². The van der Waals surface area contributed by atoms with Gasteiger partial charge in [-0.2, -0.15) is 0 Å². The van der Waals surface area contributed by atoms with E-state index in [2.05, 4.69) is 163 Å². The Kier molecular flexibility index (Phi) is 5.82. The van der Waals surface area contributed by atoms with Crippen molar-refractivity contribution in [3.63, 3.8) is 0 Å². The first-order valence-electron chi connectivity index (χ1n) is 14.3. The third kappa shape index (κ3) is 4.13. The molecule has 0 radical (unpaired) electrons. The van der Waals surface area contributed by atoms with Crippen molar-refractivity contribution in [2.45, 2.75) is 0 Å². The summed E-state index contributed by atoms with van der Waals surface area (Å²) in [6.07, 6.45) is 0. The Balaban J connectivity index is 1.24. The molecule has 198 valence electrons. The summed E-state index contributed by atoms with van der Waals surface area (Å²) in [5.41, 5.74) is 9.81. The smallest absolute Gasteiger partial charge is 0.143 e. The van der Waals surface area contributed by atoms with E-state index < -0.39 is 0 Å². The minimum Gasteiger partial charge on any atom is -0.455 e. The second-order valence-corrected chi connectivity index (χ2v) is 10.6. The zero-order valence-corrected chi connectivity index (χ0v) is 22.9. The topological polar surface area (TPSA) is 16.4 Å². The van der Waals surface area contributed by atoms with E-state index in [0.717, 1.165) is 44.7 Å². The van der Waals surface area contributed by atoms with Gasteiger partial charge < -0.3 is 9.32 Å². The average molecular weight is 538 g/mol. The number of fused-ring (bicyclic) bond motifs is 5. The molecule has 8 aromatic rings. The third-order valence-corrected chi connectivity index (χ3v) is 8.05. The van der Waals surface area contributed by atoms with Gasteiger partial charge in [0.2, 0.25) is 0 Å². The molecule has 2 nitrogen and oxygen atoms in total. The van der Waals surface area contributed by atoms with Crippen LogP contribution in [0, 0.1) is 0 Å². The molecule has 2 heteroatoms. The number of hydrogen-bond acceptors (Lipinski definition) is 2. The largest absolute Gasteiger partial charge is 0.455 e. The first kappa shape index (κ1) is 24.2. The quantitative estimate of drug-likeness (QED) is 0.217. The molecule has 8 rings (SSSR count). The van der Waals surface area contributed by atoms with Crippen LogP contribution in [0.15, 0.2) is 168 Å². The highest BCUT2D eigenvalue weighted by Crippen LogP contribution is 2.42. The highest BCUT2D eigenvalue weighted by atomic mass is 16.3. The highest BCUT2D eigenvalue weighted by Gasteiger charge is 2.17. The van der Waals surface area contributed by atoms with Crippen molar-refractivity contribution in [3.05, 3.63) is 164 Å². The van der Waals surface area contributed by atoms with Crippen molar-refractivity contribution in [2.24, 2.45) is 0 Å². The van der Waals surface area contributed by atoms with Gasteiger partial charge in [0.05, 0.1) is 0 Å². The number of furan rings is 1. The van der Waals surface area contributed by atoms with Crippen molar-refractivity contribution in [2.75, 3.05) is 4.90 Å². The number of nitrogens with zero attached hydrogens (tertiary/aromatic N) is 1. The average Bonchev–Trinajstić information content (AvgIpc) is 3.46. The molecule has 0 aliphatic heterocycles. The molecule has 0 bridgehead atoms. The molecule has 0 N–H and O–H groups in total. The van der Waals surface area contributed by atoms with Crippen molar-refractivity contribution in [1.29, 1.82) is 0 Å². The van der Waals surface area contributed by atoms with E-state index in [1.807, 2.05) is 6.07 Å². The molecule has 0 atom stereocenters. The van der Waals surface area contributed by atoms with Crippen LogP contribution in [0.4, 0.5) is 17.1 Å². The van der Waals surface area contributed by atoms with E-state index >= 15 is 0 Å². The molecule has 42 heavy (non-hydrogen) atoms. The molecule has 0 aliphatic carbocycles. The van der Waals surface area contributed by atoms with Crippen molar-refractivity contribution in [1.82, 2.24) is 0 Å². The lowest BCUT2D eigenvalue weighted by Gasteiger charge is -2.26. The molecule has 0 unspecified atom stereocenters. The Hall–Kier alpha value is -5.60. The number of anilines is 3. The Morgan fingerprint density at radius 1 is 0.405 bits per heavy atom. The molecule has 1 aromatic heterocycles. The van der Waals surface area contributed by atoms with E-state index in [-0.39, 0.29) is 0 Å². The molecule has 0 saturated heterocycles. The van der Waals surface area contributed by atoms with Gasteiger partial charge in [-0.05, 0) is 76.0 Å². The lowest BCUT2D eigenvalue weighted by atomic mass is 9.96. The standard InChI is InChI=1S/C40H27NO/c1-3-11-28(12-4-1)29-19-23-33(24-20-29)41(32-14-5-2-6-15-32)34-25-21-30(22-26-34)37-27-31-13-7-8-16-35(31)39-36-17-9-10-18-38(36)42-40(37)39/h1-27H. The SMILES string of the molecule is c1ccc(-c2ccc(N(c3ccccc3)c3ccc(-c4cc5ccccc5c5c4oc4ccccc45)cc3)cc2)cc1. The van der Waals surface area contributed by atoms with Crippen LogP contribution < -0.4 is 4.90 Å². The summed E-state index contributed by atoms with van der Waals surface area (Å²) in [6.45, 7) is 0. The molecule has 7 aromatic carbocycles. The summed E-state index contributed by atoms with van der Waals surface area (Å²) in [4.78, 5) is 2.30. The maximum atomic E-state index is 6.50. The van der Waals surface area contributed by atoms with Gasteiger partial charge in [0, 0.05) is 33.4 Å². The Bertz CT molecular complexity index is 2160. The van der Waals surface area contributed by atoms with Crippen molar-refractivity contribution >= 4 is 49.8 Å². The molecular formula is C40H27NO. The van der Waals surface area contributed by atoms with Gasteiger partial charge in [0.1, 0.15) is 11.2 Å². The number of hydrogen-bond donors (Lipinski definition) is 0. The van der Waals surface area contributed by atoms with E-state index in [1.54, 1.807) is 0 Å². The zero-order chi connectivity index (χ0) is 27.9. The van der Waals surface area contributed by atoms with Crippen LogP contribution >= 0.6 is 0 Å². The van der Waals surface area contributed by atoms with E-state index in [9.17, 15) is 0 Å². The van der Waals surface area contributed by atoms with Gasteiger partial charge >= 0.3 is 0 Å². The van der Waals surface area contributed by atoms with Gasteiger partial charge in [-0.15, -0.1) is 0 Å². The normalized spacial score (nSPS) is 11.3. The summed E-state index contributed by atoms with van der Waals surface area (Å²) in [5, 5.41) is 4.75. The first-order valence-corrected chi connectivity index (χ1v) is 14.3. The Morgan fingerprint density at radius 2 is 0.929 bits per heavy atom. The van der Waals surface area contributed by atoms with Crippen LogP contribution in [0.1, 0.15) is 0 Å². The van der Waals surface area contributed by atoms with Crippen LogP contribution in [0.3, 0.4) is 0 Å². The molecule has 0 amide bonds. The van der Waals surface area contributed by atoms with Crippen LogP contribution in [-0.2, 0) is 0 Å². The molecule has 0 spiro atoms. The molecule has 1 heterocycles. The minimum absolute atomic E-state index is 0.913. The van der Waals surface area contributed by atoms with Gasteiger partial charge in [-0.3, -0.25) is 0 Å². The van der Waals surface area contributed by atoms with Crippen molar-refractivity contribution in [3.8, 4) is 22.3 Å². The van der Waals surface area contributed by atoms with Crippen LogP contribution in [0.25, 0.3) is 55.0 Å². The highest BCUT2D eigenvalue weighted by molar-refractivity contribution is 6.22. The van der Waals surface area contributed by atoms with Gasteiger partial charge in [-0.25, -0.2) is 0 Å². The fourth-order valence-corrected chi connectivity index (χ4v) is 6.04. The maximum absolute atomic E-state index is 6.50. The molecular weight excluding hydrogens is 510 g/mol. The lowest BCUT2D eigenvalue weighted by Crippen LogP contribution is -2.09. The van der Waals surface area contributed by atoms with Crippen LogP contribution in [-0.4, -0.2) is 0 Å². The summed E-state index contributed by atoms with van der Waals surface area (Å²) < 4.78 is 6.50. The summed E-state index contributed by atoms with van der Waals surface area (Å²) >= 11 is 0. The third-order valence-electron chi connectivity index (χ3n) is 8.05. The Labute approximate surface area is 244 Å². The molecule has 0 fully saturated rings. The molecule has 0 saturated carbocycles. The predicted octanol–water partition coefficient (Wildman–Crippen LogP) is 11.5.